The van der Waals surface area contributed by atoms with Crippen molar-refractivity contribution in [2.75, 3.05) is 14.2 Å². The molecule has 0 rings (SSSR count). The summed E-state index contributed by atoms with van der Waals surface area (Å²) in [5.74, 6) is 0.364. The Morgan fingerprint density at radius 2 is 1.30 bits per heavy atom. The summed E-state index contributed by atoms with van der Waals surface area (Å²) in [6, 6.07) is 0. The molecule has 0 aliphatic heterocycles. The van der Waals surface area contributed by atoms with Crippen molar-refractivity contribution in [3.05, 3.63) is 0 Å². The summed E-state index contributed by atoms with van der Waals surface area (Å²) in [6.07, 6.45) is 0.867. The molecular weight excluding hydrogens is 132 g/mol. The Bertz CT molecular complexity index is 118. The largest absolute Gasteiger partial charge is 0.484 e. The molecule has 4 nitrogen and oxygen atoms in total. The number of ether oxygens (including phenoxy) is 2. The van der Waals surface area contributed by atoms with Gasteiger partial charge in [0.05, 0.1) is 14.2 Å². The SMILES string of the molecule is COC(=N)CCC(=N)OC. The molecule has 0 aromatic heterocycles. The third kappa shape index (κ3) is 3.88. The highest BCUT2D eigenvalue weighted by Crippen LogP contribution is 1.93. The molecule has 0 aromatic carbocycles. The van der Waals surface area contributed by atoms with Gasteiger partial charge in [0.1, 0.15) is 0 Å². The van der Waals surface area contributed by atoms with Crippen LogP contribution in [0, 0.1) is 10.8 Å². The molecule has 0 saturated carbocycles. The van der Waals surface area contributed by atoms with E-state index in [0.717, 1.165) is 0 Å². The lowest BCUT2D eigenvalue weighted by atomic mass is 10.3. The Balaban J connectivity index is 3.35. The molecule has 0 amide bonds. The van der Waals surface area contributed by atoms with Crippen molar-refractivity contribution in [2.45, 2.75) is 12.8 Å². The molecular formula is C6H12N2O2. The van der Waals surface area contributed by atoms with Crippen LogP contribution in [-0.2, 0) is 9.47 Å². The standard InChI is InChI=1S/C6H12N2O2/c1-9-5(7)3-4-6(8)10-2/h7-8H,3-4H2,1-2H3. The van der Waals surface area contributed by atoms with E-state index in [9.17, 15) is 0 Å². The molecule has 0 saturated heterocycles. The molecule has 0 atom stereocenters. The van der Waals surface area contributed by atoms with Gasteiger partial charge in [-0.1, -0.05) is 0 Å². The number of rotatable bonds is 3. The van der Waals surface area contributed by atoms with Crippen molar-refractivity contribution >= 4 is 11.8 Å². The van der Waals surface area contributed by atoms with Crippen LogP contribution in [0.4, 0.5) is 0 Å². The Labute approximate surface area is 60.2 Å². The minimum Gasteiger partial charge on any atom is -0.484 e. The lowest BCUT2D eigenvalue weighted by Crippen LogP contribution is -2.05. The topological polar surface area (TPSA) is 66.2 Å². The first kappa shape index (κ1) is 8.94. The van der Waals surface area contributed by atoms with E-state index in [-0.39, 0.29) is 11.8 Å². The Kier molecular flexibility index (Phi) is 4.28. The van der Waals surface area contributed by atoms with Crippen molar-refractivity contribution in [3.63, 3.8) is 0 Å². The van der Waals surface area contributed by atoms with E-state index < -0.39 is 0 Å². The van der Waals surface area contributed by atoms with Gasteiger partial charge < -0.3 is 9.47 Å². The van der Waals surface area contributed by atoms with Gasteiger partial charge in [-0.25, -0.2) is 0 Å². The van der Waals surface area contributed by atoms with E-state index >= 15 is 0 Å². The van der Waals surface area contributed by atoms with E-state index in [0.29, 0.717) is 12.8 Å². The summed E-state index contributed by atoms with van der Waals surface area (Å²) >= 11 is 0. The van der Waals surface area contributed by atoms with Crippen LogP contribution in [0.1, 0.15) is 12.8 Å². The van der Waals surface area contributed by atoms with Crippen LogP contribution in [0.15, 0.2) is 0 Å². The van der Waals surface area contributed by atoms with Gasteiger partial charge in [-0.3, -0.25) is 10.8 Å². The maximum absolute atomic E-state index is 7.03. The third-order valence-electron chi connectivity index (χ3n) is 1.07. The van der Waals surface area contributed by atoms with Gasteiger partial charge in [-0.2, -0.15) is 0 Å². The van der Waals surface area contributed by atoms with Gasteiger partial charge in [-0.05, 0) is 0 Å². The van der Waals surface area contributed by atoms with Crippen molar-refractivity contribution in [1.82, 2.24) is 0 Å². The number of nitrogens with one attached hydrogen (secondary N) is 2. The number of methoxy groups -OCH3 is 2. The Hall–Kier alpha value is -1.06. The molecule has 0 aromatic rings. The maximum Gasteiger partial charge on any atom is 0.180 e. The molecule has 0 fully saturated rings. The van der Waals surface area contributed by atoms with E-state index in [1.807, 2.05) is 0 Å². The quantitative estimate of drug-likeness (QED) is 0.458. The van der Waals surface area contributed by atoms with Gasteiger partial charge in [0.2, 0.25) is 0 Å². The fourth-order valence-corrected chi connectivity index (χ4v) is 0.431. The van der Waals surface area contributed by atoms with Crippen LogP contribution in [-0.4, -0.2) is 26.0 Å². The fourth-order valence-electron chi connectivity index (χ4n) is 0.431. The van der Waals surface area contributed by atoms with Gasteiger partial charge in [0.25, 0.3) is 0 Å². The van der Waals surface area contributed by atoms with E-state index in [1.54, 1.807) is 0 Å². The molecule has 0 aliphatic rings. The molecule has 4 heteroatoms. The second-order valence-electron chi connectivity index (χ2n) is 1.75. The normalized spacial score (nSPS) is 8.60. The fraction of sp³-hybridized carbons (Fsp3) is 0.667. The number of hydrogen-bond donors (Lipinski definition) is 2. The third-order valence-corrected chi connectivity index (χ3v) is 1.07. The molecule has 0 unspecified atom stereocenters. The second kappa shape index (κ2) is 4.78. The van der Waals surface area contributed by atoms with E-state index in [1.165, 1.54) is 14.2 Å². The predicted octanol–water partition coefficient (Wildman–Crippen LogP) is 1.01. The predicted molar refractivity (Wildman–Crippen MR) is 38.7 cm³/mol. The van der Waals surface area contributed by atoms with Gasteiger partial charge in [0, 0.05) is 12.8 Å². The highest BCUT2D eigenvalue weighted by Gasteiger charge is 1.98. The molecule has 2 N–H and O–H groups in total. The maximum atomic E-state index is 7.03. The first-order chi connectivity index (χ1) is 4.70. The summed E-state index contributed by atoms with van der Waals surface area (Å²) in [6.45, 7) is 0. The molecule has 10 heavy (non-hydrogen) atoms. The average molecular weight is 144 g/mol. The van der Waals surface area contributed by atoms with Crippen molar-refractivity contribution < 1.29 is 9.47 Å². The summed E-state index contributed by atoms with van der Waals surface area (Å²) in [5.41, 5.74) is 0. The van der Waals surface area contributed by atoms with Crippen LogP contribution in [0.5, 0.6) is 0 Å². The number of hydrogen-bond acceptors (Lipinski definition) is 4. The molecule has 0 spiro atoms. The minimum atomic E-state index is 0.182. The van der Waals surface area contributed by atoms with Crippen LogP contribution in [0.25, 0.3) is 0 Å². The highest BCUT2D eigenvalue weighted by atomic mass is 16.5. The highest BCUT2D eigenvalue weighted by molar-refractivity contribution is 5.80. The van der Waals surface area contributed by atoms with E-state index in [2.05, 4.69) is 9.47 Å². The lowest BCUT2D eigenvalue weighted by Gasteiger charge is -2.01. The van der Waals surface area contributed by atoms with Gasteiger partial charge in [-0.15, -0.1) is 0 Å². The first-order valence-electron chi connectivity index (χ1n) is 2.93. The Morgan fingerprint density at radius 1 is 1.00 bits per heavy atom. The van der Waals surface area contributed by atoms with Crippen LogP contribution in [0.3, 0.4) is 0 Å². The zero-order chi connectivity index (χ0) is 7.98. The summed E-state index contributed by atoms with van der Waals surface area (Å²) < 4.78 is 9.15. The average Bonchev–Trinajstić information content (AvgIpc) is 1.99. The Morgan fingerprint density at radius 3 is 1.50 bits per heavy atom. The smallest absolute Gasteiger partial charge is 0.180 e. The van der Waals surface area contributed by atoms with Crippen molar-refractivity contribution in [2.24, 2.45) is 0 Å². The summed E-state index contributed by atoms with van der Waals surface area (Å²) in [7, 11) is 2.89. The lowest BCUT2D eigenvalue weighted by molar-refractivity contribution is 0.371. The summed E-state index contributed by atoms with van der Waals surface area (Å²) in [4.78, 5) is 0. The van der Waals surface area contributed by atoms with Crippen molar-refractivity contribution in [1.29, 1.82) is 10.8 Å². The molecule has 0 radical (unpaired) electrons. The molecule has 0 heterocycles. The van der Waals surface area contributed by atoms with E-state index in [4.69, 9.17) is 10.8 Å². The summed E-state index contributed by atoms with van der Waals surface area (Å²) in [5, 5.41) is 14.1. The first-order valence-corrected chi connectivity index (χ1v) is 2.93. The molecule has 0 bridgehead atoms. The van der Waals surface area contributed by atoms with Crippen LogP contribution >= 0.6 is 0 Å². The minimum absolute atomic E-state index is 0.182. The van der Waals surface area contributed by atoms with Gasteiger partial charge >= 0.3 is 0 Å². The monoisotopic (exact) mass is 144 g/mol. The van der Waals surface area contributed by atoms with Crippen LogP contribution < -0.4 is 0 Å². The van der Waals surface area contributed by atoms with Crippen LogP contribution in [0.2, 0.25) is 0 Å². The van der Waals surface area contributed by atoms with Crippen molar-refractivity contribution in [3.8, 4) is 0 Å². The second-order valence-corrected chi connectivity index (χ2v) is 1.75. The molecule has 58 valence electrons. The zero-order valence-corrected chi connectivity index (χ0v) is 6.23. The zero-order valence-electron chi connectivity index (χ0n) is 6.23. The van der Waals surface area contributed by atoms with Gasteiger partial charge in [0.15, 0.2) is 11.8 Å². The molecule has 0 aliphatic carbocycles.